The van der Waals surface area contributed by atoms with E-state index in [1.54, 1.807) is 0 Å². The van der Waals surface area contributed by atoms with Gasteiger partial charge in [0.2, 0.25) is 0 Å². The number of carbonyl (C=O) groups excluding carboxylic acids is 1. The number of carbonyl (C=O) groups is 2. The highest BCUT2D eigenvalue weighted by molar-refractivity contribution is 5.88. The van der Waals surface area contributed by atoms with Crippen molar-refractivity contribution in [3.05, 3.63) is 101 Å². The molecule has 196 valence electrons. The Bertz CT molecular complexity index is 1320. The molecule has 1 heterocycles. The van der Waals surface area contributed by atoms with Gasteiger partial charge in [-0.2, -0.15) is 0 Å². The summed E-state index contributed by atoms with van der Waals surface area (Å²) < 4.78 is 12.7. The Morgan fingerprint density at radius 2 is 1.74 bits per heavy atom. The summed E-state index contributed by atoms with van der Waals surface area (Å²) in [5, 5.41) is 10.3. The molecule has 6 nitrogen and oxygen atoms in total. The van der Waals surface area contributed by atoms with E-state index in [1.165, 1.54) is 11.3 Å². The van der Waals surface area contributed by atoms with Crippen LogP contribution in [0.2, 0.25) is 0 Å². The lowest BCUT2D eigenvalue weighted by atomic mass is 9.90. The molecular weight excluding hydrogens is 478 g/mol. The van der Waals surface area contributed by atoms with Crippen LogP contribution in [0.25, 0.3) is 0 Å². The van der Waals surface area contributed by atoms with E-state index >= 15 is 0 Å². The fourth-order valence-corrected chi connectivity index (χ4v) is 6.19. The molecule has 0 aromatic heterocycles. The SMILES string of the molecule is Cc1ccc2c(c1OCc1ccccc1)C[C@H](C(=O)O)N(C(=O)[C@@H](OC1CC[C@H]3C[C@@H]13)c1ccccc1)C2. The maximum Gasteiger partial charge on any atom is 0.326 e. The van der Waals surface area contributed by atoms with Crippen LogP contribution in [0, 0.1) is 18.8 Å². The number of aliphatic carboxylic acids is 1. The van der Waals surface area contributed by atoms with E-state index in [0.717, 1.165) is 46.6 Å². The molecule has 1 amide bonds. The first-order valence-corrected chi connectivity index (χ1v) is 13.5. The molecule has 0 bridgehead atoms. The van der Waals surface area contributed by atoms with Crippen LogP contribution >= 0.6 is 0 Å². The fourth-order valence-electron chi connectivity index (χ4n) is 6.19. The molecule has 3 aromatic carbocycles. The van der Waals surface area contributed by atoms with E-state index in [4.69, 9.17) is 9.47 Å². The molecule has 0 saturated heterocycles. The number of carboxylic acid groups (broad SMARTS) is 1. The Morgan fingerprint density at radius 1 is 1.00 bits per heavy atom. The molecule has 0 spiro atoms. The summed E-state index contributed by atoms with van der Waals surface area (Å²) in [6, 6.07) is 22.4. The minimum Gasteiger partial charge on any atom is -0.488 e. The van der Waals surface area contributed by atoms with Crippen molar-refractivity contribution in [2.75, 3.05) is 0 Å². The molecule has 2 saturated carbocycles. The van der Waals surface area contributed by atoms with Crippen LogP contribution < -0.4 is 4.74 Å². The molecule has 6 rings (SSSR count). The lowest BCUT2D eigenvalue weighted by molar-refractivity contribution is -0.160. The summed E-state index contributed by atoms with van der Waals surface area (Å²) in [6.07, 6.45) is 2.69. The summed E-state index contributed by atoms with van der Waals surface area (Å²) in [5.74, 6) is 0.655. The Morgan fingerprint density at radius 3 is 2.39 bits per heavy atom. The van der Waals surface area contributed by atoms with Crippen LogP contribution in [0.1, 0.15) is 53.2 Å². The zero-order chi connectivity index (χ0) is 26.2. The number of hydrogen-bond acceptors (Lipinski definition) is 4. The zero-order valence-corrected chi connectivity index (χ0v) is 21.6. The molecule has 3 aromatic rings. The van der Waals surface area contributed by atoms with Gasteiger partial charge < -0.3 is 19.5 Å². The number of rotatable bonds is 8. The standard InChI is InChI=1S/C32H33NO5/c1-20-12-13-24-18-33(27(32(35)36)17-26(24)29(20)37-19-21-8-4-2-5-9-21)31(34)30(22-10-6-3-7-11-22)38-28-15-14-23-16-25(23)28/h2-13,23,25,27-28,30H,14-19H2,1H3,(H,35,36)/t23-,25+,27+,28?,30-/m0/s1. The van der Waals surface area contributed by atoms with Gasteiger partial charge in [0.15, 0.2) is 6.10 Å². The highest BCUT2D eigenvalue weighted by atomic mass is 16.5. The third-order valence-corrected chi connectivity index (χ3v) is 8.38. The normalized spacial score (nSPS) is 24.3. The summed E-state index contributed by atoms with van der Waals surface area (Å²) in [5.41, 5.74) is 4.55. The minimum absolute atomic E-state index is 0.0511. The Hall–Kier alpha value is -3.64. The third-order valence-electron chi connectivity index (χ3n) is 8.38. The largest absolute Gasteiger partial charge is 0.488 e. The lowest BCUT2D eigenvalue weighted by Crippen LogP contribution is -2.51. The van der Waals surface area contributed by atoms with Crippen LogP contribution in [0.5, 0.6) is 5.75 Å². The first-order chi connectivity index (χ1) is 18.5. The average Bonchev–Trinajstić information content (AvgIpc) is 3.62. The molecule has 2 aliphatic carbocycles. The predicted octanol–water partition coefficient (Wildman–Crippen LogP) is 5.47. The highest BCUT2D eigenvalue weighted by Gasteiger charge is 2.50. The minimum atomic E-state index is -1.02. The fraction of sp³-hybridized carbons (Fsp3) is 0.375. The van der Waals surface area contributed by atoms with Crippen LogP contribution in [0.4, 0.5) is 0 Å². The number of amides is 1. The molecule has 3 aliphatic rings. The van der Waals surface area contributed by atoms with Gasteiger partial charge in [-0.25, -0.2) is 4.79 Å². The molecule has 5 atom stereocenters. The number of ether oxygens (including phenoxy) is 2. The van der Waals surface area contributed by atoms with Crippen molar-refractivity contribution in [1.82, 2.24) is 4.90 Å². The van der Waals surface area contributed by atoms with Crippen molar-refractivity contribution in [1.29, 1.82) is 0 Å². The van der Waals surface area contributed by atoms with Crippen molar-refractivity contribution in [3.8, 4) is 5.75 Å². The van der Waals surface area contributed by atoms with Crippen LogP contribution in [-0.2, 0) is 33.9 Å². The zero-order valence-electron chi connectivity index (χ0n) is 21.6. The van der Waals surface area contributed by atoms with Gasteiger partial charge in [0.1, 0.15) is 18.4 Å². The van der Waals surface area contributed by atoms with Crippen LogP contribution in [0.15, 0.2) is 72.8 Å². The number of carboxylic acids is 1. The van der Waals surface area contributed by atoms with Crippen molar-refractivity contribution in [3.63, 3.8) is 0 Å². The maximum absolute atomic E-state index is 14.1. The summed E-state index contributed by atoms with van der Waals surface area (Å²) >= 11 is 0. The van der Waals surface area contributed by atoms with Gasteiger partial charge in [0, 0.05) is 18.5 Å². The van der Waals surface area contributed by atoms with Crippen molar-refractivity contribution in [2.45, 2.75) is 64.0 Å². The van der Waals surface area contributed by atoms with Gasteiger partial charge in [0.05, 0.1) is 6.10 Å². The first-order valence-electron chi connectivity index (χ1n) is 13.5. The van der Waals surface area contributed by atoms with Crippen molar-refractivity contribution < 1.29 is 24.2 Å². The van der Waals surface area contributed by atoms with Crippen molar-refractivity contribution >= 4 is 11.9 Å². The second kappa shape index (κ2) is 10.3. The molecule has 1 unspecified atom stereocenters. The second-order valence-corrected chi connectivity index (χ2v) is 10.9. The molecule has 6 heteroatoms. The Labute approximate surface area is 223 Å². The molecule has 38 heavy (non-hydrogen) atoms. The maximum atomic E-state index is 14.1. The number of nitrogens with zero attached hydrogens (tertiary/aromatic N) is 1. The quantitative estimate of drug-likeness (QED) is 0.434. The number of hydrogen-bond donors (Lipinski definition) is 1. The third kappa shape index (κ3) is 4.81. The number of fused-ring (bicyclic) bond motifs is 2. The molecule has 0 radical (unpaired) electrons. The smallest absolute Gasteiger partial charge is 0.326 e. The number of aryl methyl sites for hydroxylation is 1. The van der Waals surface area contributed by atoms with Gasteiger partial charge in [0.25, 0.3) is 5.91 Å². The van der Waals surface area contributed by atoms with E-state index in [1.807, 2.05) is 79.7 Å². The summed E-state index contributed by atoms with van der Waals surface area (Å²) in [6.45, 7) is 2.57. The Kier molecular flexibility index (Phi) is 6.66. The first kappa shape index (κ1) is 24.7. The molecule has 1 aliphatic heterocycles. The summed E-state index contributed by atoms with van der Waals surface area (Å²) in [4.78, 5) is 28.1. The van der Waals surface area contributed by atoms with Crippen molar-refractivity contribution in [2.24, 2.45) is 11.8 Å². The lowest BCUT2D eigenvalue weighted by Gasteiger charge is -2.38. The predicted molar refractivity (Wildman–Crippen MR) is 143 cm³/mol. The highest BCUT2D eigenvalue weighted by Crippen LogP contribution is 2.54. The van der Waals surface area contributed by atoms with Gasteiger partial charge in [-0.3, -0.25) is 4.79 Å². The van der Waals surface area contributed by atoms with Crippen LogP contribution in [-0.4, -0.2) is 34.0 Å². The van der Waals surface area contributed by atoms with E-state index in [0.29, 0.717) is 18.3 Å². The molecule has 2 fully saturated rings. The number of benzene rings is 3. The van der Waals surface area contributed by atoms with E-state index < -0.39 is 18.1 Å². The van der Waals surface area contributed by atoms with Gasteiger partial charge in [-0.05, 0) is 60.3 Å². The van der Waals surface area contributed by atoms with Gasteiger partial charge in [-0.15, -0.1) is 0 Å². The molecular formula is C32H33NO5. The average molecular weight is 512 g/mol. The topological polar surface area (TPSA) is 76.1 Å². The van der Waals surface area contributed by atoms with Gasteiger partial charge in [-0.1, -0.05) is 72.8 Å². The van der Waals surface area contributed by atoms with E-state index in [2.05, 4.69) is 0 Å². The molecule has 1 N–H and O–H groups in total. The van der Waals surface area contributed by atoms with Crippen LogP contribution in [0.3, 0.4) is 0 Å². The second-order valence-electron chi connectivity index (χ2n) is 10.9. The van der Waals surface area contributed by atoms with E-state index in [-0.39, 0.29) is 25.0 Å². The monoisotopic (exact) mass is 511 g/mol. The summed E-state index contributed by atoms with van der Waals surface area (Å²) in [7, 11) is 0. The van der Waals surface area contributed by atoms with Gasteiger partial charge >= 0.3 is 5.97 Å². The van der Waals surface area contributed by atoms with E-state index in [9.17, 15) is 14.7 Å². The Balaban J connectivity index is 1.29.